The molecule has 0 radical (unpaired) electrons. The molecule has 112 valence electrons. The van der Waals surface area contributed by atoms with Crippen LogP contribution in [0.4, 0.5) is 0 Å². The van der Waals surface area contributed by atoms with Gasteiger partial charge in [0.1, 0.15) is 0 Å². The number of nitrogens with two attached hydrogens (primary N) is 1. The molecule has 0 aliphatic carbocycles. The Bertz CT molecular complexity index is 425. The molecule has 3 nitrogen and oxygen atoms in total. The molecule has 1 fully saturated rings. The summed E-state index contributed by atoms with van der Waals surface area (Å²) in [6.07, 6.45) is 1.56. The molecule has 0 atom stereocenters. The van der Waals surface area contributed by atoms with Crippen molar-refractivity contribution in [3.8, 4) is 0 Å². The van der Waals surface area contributed by atoms with Gasteiger partial charge in [-0.1, -0.05) is 45.0 Å². The Morgan fingerprint density at radius 1 is 1.15 bits per heavy atom. The average molecular weight is 276 g/mol. The number of likely N-dealkylation sites (tertiary alicyclic amines) is 1. The van der Waals surface area contributed by atoms with E-state index >= 15 is 0 Å². The number of rotatable bonds is 3. The molecular weight excluding hydrogens is 248 g/mol. The molecule has 0 unspecified atom stereocenters. The maximum absolute atomic E-state index is 10.1. The van der Waals surface area contributed by atoms with Crippen LogP contribution in [-0.4, -0.2) is 35.2 Å². The van der Waals surface area contributed by atoms with E-state index in [1.807, 2.05) is 0 Å². The van der Waals surface area contributed by atoms with Gasteiger partial charge in [0, 0.05) is 26.2 Å². The van der Waals surface area contributed by atoms with Crippen LogP contribution in [0.25, 0.3) is 0 Å². The van der Waals surface area contributed by atoms with Crippen molar-refractivity contribution in [3.63, 3.8) is 0 Å². The lowest BCUT2D eigenvalue weighted by molar-refractivity contribution is -0.0153. The molecule has 1 heterocycles. The Labute approximate surface area is 122 Å². The number of hydrogen-bond acceptors (Lipinski definition) is 3. The minimum atomic E-state index is -0.632. The number of benzene rings is 1. The molecule has 20 heavy (non-hydrogen) atoms. The number of hydrogen-bond donors (Lipinski definition) is 2. The molecule has 1 aliphatic rings. The standard InChI is InChI=1S/C17H28N2O/c1-16(2,3)15-6-4-14(5-7-15)12-19-10-8-17(20,13-18)9-11-19/h4-7,20H,8-13,18H2,1-3H3. The Hall–Kier alpha value is -0.900. The predicted octanol–water partition coefficient (Wildman–Crippen LogP) is 2.27. The summed E-state index contributed by atoms with van der Waals surface area (Å²) in [5, 5.41) is 10.1. The maximum Gasteiger partial charge on any atom is 0.0793 e. The van der Waals surface area contributed by atoms with Crippen molar-refractivity contribution in [2.24, 2.45) is 5.73 Å². The summed E-state index contributed by atoms with van der Waals surface area (Å²) < 4.78 is 0. The number of nitrogens with zero attached hydrogens (tertiary/aromatic N) is 1. The highest BCUT2D eigenvalue weighted by molar-refractivity contribution is 5.27. The van der Waals surface area contributed by atoms with E-state index < -0.39 is 5.60 Å². The molecule has 0 amide bonds. The number of aliphatic hydroxyl groups is 1. The first-order valence-corrected chi connectivity index (χ1v) is 7.57. The van der Waals surface area contributed by atoms with E-state index in [9.17, 15) is 5.11 Å². The molecule has 3 N–H and O–H groups in total. The Morgan fingerprint density at radius 2 is 1.70 bits per heavy atom. The van der Waals surface area contributed by atoms with Gasteiger partial charge in [0.15, 0.2) is 0 Å². The summed E-state index contributed by atoms with van der Waals surface area (Å²) in [4.78, 5) is 2.40. The summed E-state index contributed by atoms with van der Waals surface area (Å²) in [6.45, 7) is 9.90. The summed E-state index contributed by atoms with van der Waals surface area (Å²) in [5.41, 5.74) is 7.92. The van der Waals surface area contributed by atoms with Gasteiger partial charge in [-0.25, -0.2) is 0 Å². The van der Waals surface area contributed by atoms with Gasteiger partial charge in [0.25, 0.3) is 0 Å². The van der Waals surface area contributed by atoms with E-state index in [1.54, 1.807) is 0 Å². The Balaban J connectivity index is 1.92. The van der Waals surface area contributed by atoms with Gasteiger partial charge in [0.2, 0.25) is 0 Å². The van der Waals surface area contributed by atoms with Gasteiger partial charge in [-0.15, -0.1) is 0 Å². The minimum absolute atomic E-state index is 0.210. The van der Waals surface area contributed by atoms with Crippen LogP contribution in [0.5, 0.6) is 0 Å². The van der Waals surface area contributed by atoms with Crippen LogP contribution in [0.1, 0.15) is 44.7 Å². The largest absolute Gasteiger partial charge is 0.388 e. The third kappa shape index (κ3) is 3.81. The predicted molar refractivity (Wildman–Crippen MR) is 83.7 cm³/mol. The third-order valence-corrected chi connectivity index (χ3v) is 4.39. The van der Waals surface area contributed by atoms with Crippen LogP contribution in [0.2, 0.25) is 0 Å². The van der Waals surface area contributed by atoms with Gasteiger partial charge in [0.05, 0.1) is 5.60 Å². The smallest absolute Gasteiger partial charge is 0.0793 e. The van der Waals surface area contributed by atoms with Crippen LogP contribution >= 0.6 is 0 Å². The van der Waals surface area contributed by atoms with Crippen LogP contribution in [-0.2, 0) is 12.0 Å². The number of piperidine rings is 1. The SMILES string of the molecule is CC(C)(C)c1ccc(CN2CCC(O)(CN)CC2)cc1. The minimum Gasteiger partial charge on any atom is -0.388 e. The molecule has 1 aromatic rings. The fraction of sp³-hybridized carbons (Fsp3) is 0.647. The van der Waals surface area contributed by atoms with Crippen molar-refractivity contribution in [3.05, 3.63) is 35.4 Å². The van der Waals surface area contributed by atoms with Gasteiger partial charge >= 0.3 is 0 Å². The highest BCUT2D eigenvalue weighted by atomic mass is 16.3. The first kappa shape index (κ1) is 15.5. The molecule has 2 rings (SSSR count). The van der Waals surface area contributed by atoms with E-state index in [2.05, 4.69) is 49.9 Å². The zero-order valence-electron chi connectivity index (χ0n) is 13.0. The van der Waals surface area contributed by atoms with Crippen molar-refractivity contribution in [2.75, 3.05) is 19.6 Å². The van der Waals surface area contributed by atoms with E-state index in [0.29, 0.717) is 6.54 Å². The molecule has 1 aromatic carbocycles. The van der Waals surface area contributed by atoms with Crippen LogP contribution in [0.15, 0.2) is 24.3 Å². The lowest BCUT2D eigenvalue weighted by Gasteiger charge is -2.37. The zero-order chi connectivity index (χ0) is 14.8. The summed E-state index contributed by atoms with van der Waals surface area (Å²) in [5.74, 6) is 0. The monoisotopic (exact) mass is 276 g/mol. The molecule has 0 bridgehead atoms. The highest BCUT2D eigenvalue weighted by Gasteiger charge is 2.30. The van der Waals surface area contributed by atoms with E-state index in [-0.39, 0.29) is 5.41 Å². The second-order valence-electron chi connectivity index (χ2n) is 7.15. The van der Waals surface area contributed by atoms with E-state index in [1.165, 1.54) is 11.1 Å². The second kappa shape index (κ2) is 5.84. The van der Waals surface area contributed by atoms with Crippen LogP contribution < -0.4 is 5.73 Å². The van der Waals surface area contributed by atoms with Gasteiger partial charge in [-0.05, 0) is 29.4 Å². The van der Waals surface area contributed by atoms with Crippen LogP contribution in [0, 0.1) is 0 Å². The van der Waals surface area contributed by atoms with Crippen molar-refractivity contribution >= 4 is 0 Å². The molecule has 3 heteroatoms. The maximum atomic E-state index is 10.1. The van der Waals surface area contributed by atoms with Crippen LogP contribution in [0.3, 0.4) is 0 Å². The van der Waals surface area contributed by atoms with Crippen molar-refractivity contribution in [1.29, 1.82) is 0 Å². The summed E-state index contributed by atoms with van der Waals surface area (Å²) in [6, 6.07) is 8.92. The quantitative estimate of drug-likeness (QED) is 0.890. The summed E-state index contributed by atoms with van der Waals surface area (Å²) in [7, 11) is 0. The topological polar surface area (TPSA) is 49.5 Å². The molecule has 0 aromatic heterocycles. The fourth-order valence-electron chi connectivity index (χ4n) is 2.70. The lowest BCUT2D eigenvalue weighted by Crippen LogP contribution is -2.48. The Morgan fingerprint density at radius 3 is 2.15 bits per heavy atom. The average Bonchev–Trinajstić information content (AvgIpc) is 2.41. The highest BCUT2D eigenvalue weighted by Crippen LogP contribution is 2.24. The second-order valence-corrected chi connectivity index (χ2v) is 7.15. The Kier molecular flexibility index (Phi) is 4.52. The van der Waals surface area contributed by atoms with Crippen molar-refractivity contribution in [1.82, 2.24) is 4.90 Å². The normalized spacial score (nSPS) is 20.1. The van der Waals surface area contributed by atoms with Crippen molar-refractivity contribution < 1.29 is 5.11 Å². The van der Waals surface area contributed by atoms with E-state index in [4.69, 9.17) is 5.73 Å². The lowest BCUT2D eigenvalue weighted by atomic mass is 9.86. The summed E-state index contributed by atoms with van der Waals surface area (Å²) >= 11 is 0. The van der Waals surface area contributed by atoms with E-state index in [0.717, 1.165) is 32.5 Å². The molecule has 0 saturated carbocycles. The first-order valence-electron chi connectivity index (χ1n) is 7.57. The zero-order valence-corrected chi connectivity index (χ0v) is 13.0. The third-order valence-electron chi connectivity index (χ3n) is 4.39. The van der Waals surface area contributed by atoms with Gasteiger partial charge in [-0.3, -0.25) is 4.90 Å². The fourth-order valence-corrected chi connectivity index (χ4v) is 2.70. The molecule has 1 saturated heterocycles. The molecule has 0 spiro atoms. The van der Waals surface area contributed by atoms with Gasteiger partial charge in [-0.2, -0.15) is 0 Å². The molecule has 1 aliphatic heterocycles. The molecular formula is C17H28N2O. The van der Waals surface area contributed by atoms with Gasteiger partial charge < -0.3 is 10.8 Å². The van der Waals surface area contributed by atoms with Crippen molar-refractivity contribution in [2.45, 2.75) is 51.2 Å². The first-order chi connectivity index (χ1) is 9.32.